The fourth-order valence-corrected chi connectivity index (χ4v) is 5.76. The van der Waals surface area contributed by atoms with Crippen LogP contribution in [0.15, 0.2) is 28.2 Å². The van der Waals surface area contributed by atoms with Crippen molar-refractivity contribution in [3.8, 4) is 0 Å². The zero-order valence-electron chi connectivity index (χ0n) is 17.4. The topological polar surface area (TPSA) is 45.2 Å². The molecule has 0 spiro atoms. The van der Waals surface area contributed by atoms with Gasteiger partial charge in [0.2, 0.25) is 11.5 Å². The first-order valence-corrected chi connectivity index (χ1v) is 10.6. The Hall–Kier alpha value is -2.36. The number of aliphatic hydroxyl groups excluding tert-OH is 1. The molecule has 4 aliphatic rings. The van der Waals surface area contributed by atoms with Gasteiger partial charge in [0.25, 0.3) is 0 Å². The molecule has 0 saturated heterocycles. The lowest BCUT2D eigenvalue weighted by atomic mass is 9.79. The van der Waals surface area contributed by atoms with Crippen LogP contribution in [0.5, 0.6) is 0 Å². The molecule has 0 amide bonds. The van der Waals surface area contributed by atoms with Gasteiger partial charge in [-0.25, -0.2) is 0 Å². The summed E-state index contributed by atoms with van der Waals surface area (Å²) in [7, 11) is 4.06. The van der Waals surface area contributed by atoms with Crippen LogP contribution >= 0.6 is 0 Å². The number of Topliss-reactive ketones (excluding diaryl/α,β-unsaturated/α-hetero) is 1. The average molecular weight is 378 g/mol. The van der Waals surface area contributed by atoms with Crippen molar-refractivity contribution in [1.82, 2.24) is 4.57 Å². The van der Waals surface area contributed by atoms with Crippen LogP contribution in [0.1, 0.15) is 68.0 Å². The summed E-state index contributed by atoms with van der Waals surface area (Å²) in [4.78, 5) is 13.4. The summed E-state index contributed by atoms with van der Waals surface area (Å²) in [6.45, 7) is 4.27. The number of nitrogens with zero attached hydrogens (tertiary/aromatic N) is 2. The predicted molar refractivity (Wildman–Crippen MR) is 111 cm³/mol. The molecule has 2 heterocycles. The predicted octanol–water partition coefficient (Wildman–Crippen LogP) is 4.31. The molecule has 28 heavy (non-hydrogen) atoms. The Balaban J connectivity index is 1.70. The molecule has 146 valence electrons. The summed E-state index contributed by atoms with van der Waals surface area (Å²) in [6.07, 6.45) is 8.91. The minimum absolute atomic E-state index is 0.0143. The first kappa shape index (κ1) is 17.7. The van der Waals surface area contributed by atoms with E-state index >= 15 is 0 Å². The van der Waals surface area contributed by atoms with Gasteiger partial charge < -0.3 is 9.67 Å². The smallest absolute Gasteiger partial charge is 0.224 e. The van der Waals surface area contributed by atoms with Crippen LogP contribution in [0.2, 0.25) is 0 Å². The fraction of sp³-hybridized carbons (Fsp3) is 0.500. The summed E-state index contributed by atoms with van der Waals surface area (Å²) in [6, 6.07) is 0. The SMILES string of the molecule is CC1=[N+](C)/C(=C2\C(=O)C(c3c4c(c(C)n3C)CCCC4)=C2O)C2=C1CCCC2. The monoisotopic (exact) mass is 377 g/mol. The summed E-state index contributed by atoms with van der Waals surface area (Å²) >= 11 is 0. The quantitative estimate of drug-likeness (QED) is 0.586. The van der Waals surface area contributed by atoms with Gasteiger partial charge in [0, 0.05) is 30.8 Å². The molecular formula is C24H29N2O2+. The number of hydrogen-bond donors (Lipinski definition) is 1. The molecule has 0 unspecified atom stereocenters. The van der Waals surface area contributed by atoms with Crippen molar-refractivity contribution in [2.75, 3.05) is 7.05 Å². The normalized spacial score (nSPS) is 24.8. The molecule has 4 nitrogen and oxygen atoms in total. The molecule has 1 aromatic rings. The summed E-state index contributed by atoms with van der Waals surface area (Å²) in [5.41, 5.74) is 10.8. The lowest BCUT2D eigenvalue weighted by Gasteiger charge is -2.24. The van der Waals surface area contributed by atoms with E-state index < -0.39 is 0 Å². The number of carbonyl (C=O) groups excluding carboxylic acids is 1. The number of allylic oxidation sites excluding steroid dienone is 4. The van der Waals surface area contributed by atoms with Crippen LogP contribution in [-0.2, 0) is 24.7 Å². The van der Waals surface area contributed by atoms with Crippen molar-refractivity contribution >= 4 is 17.1 Å². The van der Waals surface area contributed by atoms with E-state index in [1.165, 1.54) is 46.5 Å². The summed E-state index contributed by atoms with van der Waals surface area (Å²) < 4.78 is 4.25. The van der Waals surface area contributed by atoms with Gasteiger partial charge in [0.1, 0.15) is 18.4 Å². The van der Waals surface area contributed by atoms with Crippen LogP contribution in [0, 0.1) is 6.92 Å². The summed E-state index contributed by atoms with van der Waals surface area (Å²) in [5, 5.41) is 11.1. The standard InChI is InChI=1S/C24H28N2O2/c1-13-15-9-5-7-11-17(15)21(25(13)3)19-23(27)20(24(19)28)22-18-12-8-6-10-16(18)14(2)26(22)4/h5-12H2,1-4H3/p+1. The highest BCUT2D eigenvalue weighted by molar-refractivity contribution is 6.39. The molecule has 3 aliphatic carbocycles. The van der Waals surface area contributed by atoms with Gasteiger partial charge in [-0.3, -0.25) is 4.79 Å². The average Bonchev–Trinajstić information content (AvgIpc) is 3.10. The lowest BCUT2D eigenvalue weighted by Crippen LogP contribution is -2.27. The lowest BCUT2D eigenvalue weighted by molar-refractivity contribution is -0.437. The number of rotatable bonds is 1. The van der Waals surface area contributed by atoms with E-state index in [2.05, 4.69) is 23.0 Å². The van der Waals surface area contributed by atoms with Crippen LogP contribution in [-0.4, -0.2) is 32.8 Å². The molecule has 5 rings (SSSR count). The maximum atomic E-state index is 13.4. The van der Waals surface area contributed by atoms with E-state index in [1.54, 1.807) is 0 Å². The third-order valence-corrected chi connectivity index (χ3v) is 7.46. The molecule has 1 aromatic heterocycles. The molecule has 0 fully saturated rings. The van der Waals surface area contributed by atoms with Gasteiger partial charge in [0.05, 0.1) is 11.3 Å². The highest BCUT2D eigenvalue weighted by Crippen LogP contribution is 2.46. The first-order valence-electron chi connectivity index (χ1n) is 10.6. The van der Waals surface area contributed by atoms with Crippen LogP contribution < -0.4 is 0 Å². The largest absolute Gasteiger partial charge is 0.506 e. The number of carbonyl (C=O) groups is 1. The van der Waals surface area contributed by atoms with Gasteiger partial charge in [0.15, 0.2) is 5.71 Å². The van der Waals surface area contributed by atoms with E-state index in [0.717, 1.165) is 49.9 Å². The maximum Gasteiger partial charge on any atom is 0.224 e. The second-order valence-electron chi connectivity index (χ2n) is 8.74. The Morgan fingerprint density at radius 2 is 1.50 bits per heavy atom. The van der Waals surface area contributed by atoms with Crippen LogP contribution in [0.3, 0.4) is 0 Å². The van der Waals surface area contributed by atoms with Gasteiger partial charge in [-0.15, -0.1) is 0 Å². The highest BCUT2D eigenvalue weighted by atomic mass is 16.3. The Morgan fingerprint density at radius 1 is 0.893 bits per heavy atom. The van der Waals surface area contributed by atoms with Gasteiger partial charge >= 0.3 is 0 Å². The Bertz CT molecular complexity index is 1070. The molecule has 1 aliphatic heterocycles. The van der Waals surface area contributed by atoms with E-state index in [1.807, 2.05) is 14.1 Å². The molecular weight excluding hydrogens is 348 g/mol. The van der Waals surface area contributed by atoms with Crippen LogP contribution in [0.4, 0.5) is 0 Å². The van der Waals surface area contributed by atoms with Crippen molar-refractivity contribution in [3.63, 3.8) is 0 Å². The van der Waals surface area contributed by atoms with Crippen molar-refractivity contribution in [2.24, 2.45) is 7.05 Å². The van der Waals surface area contributed by atoms with Gasteiger partial charge in [-0.1, -0.05) is 0 Å². The number of fused-ring (bicyclic) bond motifs is 1. The highest BCUT2D eigenvalue weighted by Gasteiger charge is 2.47. The Morgan fingerprint density at radius 3 is 2.18 bits per heavy atom. The maximum absolute atomic E-state index is 13.4. The third-order valence-electron chi connectivity index (χ3n) is 7.46. The van der Waals surface area contributed by atoms with Crippen LogP contribution in [0.25, 0.3) is 5.57 Å². The number of ketones is 1. The van der Waals surface area contributed by atoms with Crippen molar-refractivity contribution in [3.05, 3.63) is 50.7 Å². The minimum Gasteiger partial charge on any atom is -0.506 e. The summed E-state index contributed by atoms with van der Waals surface area (Å²) in [5.74, 6) is 0.216. The third kappa shape index (κ3) is 2.12. The van der Waals surface area contributed by atoms with E-state index in [-0.39, 0.29) is 11.5 Å². The Labute approximate surface area is 166 Å². The number of likely N-dealkylation sites (N-methyl/N-ethyl adjacent to an activating group) is 1. The molecule has 0 aromatic carbocycles. The zero-order valence-corrected chi connectivity index (χ0v) is 17.4. The van der Waals surface area contributed by atoms with Crippen molar-refractivity contribution in [1.29, 1.82) is 0 Å². The van der Waals surface area contributed by atoms with Crippen molar-refractivity contribution in [2.45, 2.75) is 65.2 Å². The van der Waals surface area contributed by atoms with E-state index in [9.17, 15) is 9.90 Å². The second kappa shape index (κ2) is 6.07. The number of aromatic nitrogens is 1. The first-order chi connectivity index (χ1) is 13.4. The molecule has 4 heteroatoms. The van der Waals surface area contributed by atoms with Gasteiger partial charge in [-0.2, -0.15) is 4.58 Å². The Kier molecular flexibility index (Phi) is 3.84. The van der Waals surface area contributed by atoms with E-state index in [0.29, 0.717) is 11.1 Å². The molecule has 0 saturated carbocycles. The number of aliphatic hydroxyl groups is 1. The minimum atomic E-state index is 0.0143. The molecule has 0 radical (unpaired) electrons. The van der Waals surface area contributed by atoms with E-state index in [4.69, 9.17) is 0 Å². The molecule has 0 atom stereocenters. The second-order valence-corrected chi connectivity index (χ2v) is 8.74. The van der Waals surface area contributed by atoms with Crippen molar-refractivity contribution < 1.29 is 14.5 Å². The molecule has 1 N–H and O–H groups in total. The molecule has 0 bridgehead atoms. The van der Waals surface area contributed by atoms with Gasteiger partial charge in [-0.05, 0) is 69.4 Å². The number of hydrogen-bond acceptors (Lipinski definition) is 2. The zero-order chi connectivity index (χ0) is 19.7. The fourth-order valence-electron chi connectivity index (χ4n) is 5.76.